The van der Waals surface area contributed by atoms with E-state index in [2.05, 4.69) is 212 Å². The summed E-state index contributed by atoms with van der Waals surface area (Å²) in [5, 5.41) is 1.42. The summed E-state index contributed by atoms with van der Waals surface area (Å²) in [4.78, 5) is 5.52. The standard InChI is InChI=1S/C65H79BN2S/c1-38-31-42-46(63(12,13)28-25-59(42,4)5)35-52(38)68-51-20-18-19-50-55(51)66(49-34-45-47(36-53(49)68)64(14,15)29-27-62(45,10)11)57-56(40-33-44-48(37-54(40)69-57)65(16,17)30-26-61(44,8)9)67(50)39-21-22-41-43(32-39)60(6,7)24-23-58(41,2)3/h18-22,31-37H,23-30H2,1-17H3. The van der Waals surface area contributed by atoms with Crippen LogP contribution in [0.3, 0.4) is 0 Å². The van der Waals surface area contributed by atoms with Gasteiger partial charge >= 0.3 is 0 Å². The smallest absolute Gasteiger partial charge is 0.264 e. The molecule has 0 amide bonds. The first-order valence-corrected chi connectivity index (χ1v) is 27.7. The highest BCUT2D eigenvalue weighted by molar-refractivity contribution is 7.33. The molecule has 0 radical (unpaired) electrons. The van der Waals surface area contributed by atoms with E-state index < -0.39 is 0 Å². The van der Waals surface area contributed by atoms with E-state index in [1.807, 2.05) is 0 Å². The maximum absolute atomic E-state index is 2.76. The number of hydrogen-bond donors (Lipinski definition) is 0. The minimum absolute atomic E-state index is 0.0736. The van der Waals surface area contributed by atoms with Crippen LogP contribution in [0.25, 0.3) is 10.1 Å². The molecule has 2 aliphatic heterocycles. The molecular weight excluding hydrogens is 852 g/mol. The van der Waals surface area contributed by atoms with E-state index in [1.54, 1.807) is 16.7 Å². The zero-order valence-corrected chi connectivity index (χ0v) is 46.3. The van der Waals surface area contributed by atoms with Crippen molar-refractivity contribution in [1.29, 1.82) is 0 Å². The lowest BCUT2D eigenvalue weighted by atomic mass is 9.35. The summed E-state index contributed by atoms with van der Waals surface area (Å²) in [6.07, 6.45) is 9.63. The number of rotatable bonds is 2. The molecule has 0 atom stereocenters. The highest BCUT2D eigenvalue weighted by Gasteiger charge is 2.50. The second kappa shape index (κ2) is 14.0. The number of hydrogen-bond acceptors (Lipinski definition) is 3. The number of anilines is 6. The third kappa shape index (κ3) is 6.40. The molecule has 358 valence electrons. The molecule has 0 spiro atoms. The van der Waals surface area contributed by atoms with Gasteiger partial charge in [-0.25, -0.2) is 0 Å². The van der Waals surface area contributed by atoms with Crippen LogP contribution >= 0.6 is 11.3 Å². The summed E-state index contributed by atoms with van der Waals surface area (Å²) >= 11 is 2.10. The van der Waals surface area contributed by atoms with Crippen molar-refractivity contribution >= 4 is 78.0 Å². The van der Waals surface area contributed by atoms with E-state index in [0.717, 1.165) is 0 Å². The van der Waals surface area contributed by atoms with Crippen LogP contribution in [0.2, 0.25) is 0 Å². The maximum atomic E-state index is 2.76. The Labute approximate surface area is 420 Å². The van der Waals surface area contributed by atoms with Crippen LogP contribution < -0.4 is 25.5 Å². The summed E-state index contributed by atoms with van der Waals surface area (Å²) in [5.74, 6) is 0. The minimum Gasteiger partial charge on any atom is -0.311 e. The molecule has 0 fully saturated rings. The predicted molar refractivity (Wildman–Crippen MR) is 302 cm³/mol. The average molecular weight is 931 g/mol. The summed E-state index contributed by atoms with van der Waals surface area (Å²) in [6.45, 7) is 42.4. The average Bonchev–Trinajstić information content (AvgIpc) is 3.65. The first kappa shape index (κ1) is 45.8. The number of nitrogens with zero attached hydrogens (tertiary/aromatic N) is 2. The van der Waals surface area contributed by atoms with Crippen LogP contribution in [-0.2, 0) is 43.3 Å². The van der Waals surface area contributed by atoms with Gasteiger partial charge in [0.25, 0.3) is 6.71 Å². The summed E-state index contributed by atoms with van der Waals surface area (Å²) in [6, 6.07) is 31.0. The van der Waals surface area contributed by atoms with E-state index in [-0.39, 0.29) is 50.0 Å². The van der Waals surface area contributed by atoms with Gasteiger partial charge in [0.05, 0.1) is 5.69 Å². The van der Waals surface area contributed by atoms with Crippen molar-refractivity contribution in [3.63, 3.8) is 0 Å². The Balaban J connectivity index is 1.21. The SMILES string of the molecule is Cc1cc2c(cc1N1c3cc4c(cc3B3c5sc6cc7c(cc6c5N(c5ccc6c(c5)C(C)(C)CCC6(C)C)c5cccc1c53)C(C)(C)CCC7(C)C)C(C)(C)CCC4(C)C)C(C)(C)CCC2(C)C. The van der Waals surface area contributed by atoms with E-state index >= 15 is 0 Å². The van der Waals surface area contributed by atoms with Crippen molar-refractivity contribution in [3.05, 3.63) is 123 Å². The largest absolute Gasteiger partial charge is 0.311 e. The van der Waals surface area contributed by atoms with Crippen LogP contribution in [0, 0.1) is 6.92 Å². The molecule has 5 aromatic carbocycles. The second-order valence-corrected chi connectivity index (χ2v) is 29.5. The highest BCUT2D eigenvalue weighted by Crippen LogP contribution is 2.57. The minimum atomic E-state index is 0.0736. The molecule has 2 nitrogen and oxygen atoms in total. The Morgan fingerprint density at radius 3 is 1.36 bits per heavy atom. The van der Waals surface area contributed by atoms with Crippen LogP contribution in [0.15, 0.2) is 72.8 Å². The molecule has 6 aromatic rings. The van der Waals surface area contributed by atoms with Crippen molar-refractivity contribution in [3.8, 4) is 0 Å². The van der Waals surface area contributed by atoms with E-state index in [4.69, 9.17) is 0 Å². The van der Waals surface area contributed by atoms with Gasteiger partial charge in [-0.1, -0.05) is 135 Å². The molecule has 6 aliphatic rings. The second-order valence-electron chi connectivity index (χ2n) is 28.5. The van der Waals surface area contributed by atoms with Crippen molar-refractivity contribution in [1.82, 2.24) is 0 Å². The van der Waals surface area contributed by atoms with E-state index in [9.17, 15) is 0 Å². The quantitative estimate of drug-likeness (QED) is 0.159. The summed E-state index contributed by atoms with van der Waals surface area (Å²) in [5.41, 5.74) is 25.5. The predicted octanol–water partition coefficient (Wildman–Crippen LogP) is 16.7. The zero-order valence-electron chi connectivity index (χ0n) is 45.5. The molecule has 4 heteroatoms. The van der Waals surface area contributed by atoms with Gasteiger partial charge < -0.3 is 9.80 Å². The molecule has 0 unspecified atom stereocenters. The fraction of sp³-hybridized carbons (Fsp3) is 0.508. The Bertz CT molecular complexity index is 3220. The number of benzene rings is 5. The number of aryl methyl sites for hydroxylation is 1. The van der Waals surface area contributed by atoms with Crippen LogP contribution in [0.4, 0.5) is 34.1 Å². The van der Waals surface area contributed by atoms with E-state index in [0.29, 0.717) is 0 Å². The third-order valence-electron chi connectivity index (χ3n) is 20.0. The van der Waals surface area contributed by atoms with Gasteiger partial charge in [-0.15, -0.1) is 11.3 Å². The number of thiophene rings is 1. The third-order valence-corrected chi connectivity index (χ3v) is 21.2. The van der Waals surface area contributed by atoms with Gasteiger partial charge in [0.2, 0.25) is 0 Å². The van der Waals surface area contributed by atoms with E-state index in [1.165, 1.54) is 145 Å². The van der Waals surface area contributed by atoms with Gasteiger partial charge in [0.1, 0.15) is 0 Å². The Hall–Kier alpha value is -4.28. The van der Waals surface area contributed by atoms with Crippen molar-refractivity contribution in [2.24, 2.45) is 0 Å². The first-order valence-electron chi connectivity index (χ1n) is 26.9. The fourth-order valence-corrected chi connectivity index (χ4v) is 16.1. The van der Waals surface area contributed by atoms with Gasteiger partial charge in [-0.3, -0.25) is 0 Å². The van der Waals surface area contributed by atoms with Crippen LogP contribution in [0.5, 0.6) is 0 Å². The highest BCUT2D eigenvalue weighted by atomic mass is 32.1. The summed E-state index contributed by atoms with van der Waals surface area (Å²) in [7, 11) is 0. The Morgan fingerprint density at radius 1 is 0.406 bits per heavy atom. The topological polar surface area (TPSA) is 6.48 Å². The van der Waals surface area contributed by atoms with Crippen molar-refractivity contribution in [2.45, 2.75) is 212 Å². The van der Waals surface area contributed by atoms with Crippen molar-refractivity contribution in [2.75, 3.05) is 9.80 Å². The zero-order chi connectivity index (χ0) is 49.1. The lowest BCUT2D eigenvalue weighted by molar-refractivity contribution is 0.331. The van der Waals surface area contributed by atoms with Crippen LogP contribution in [-0.4, -0.2) is 6.71 Å². The number of fused-ring (bicyclic) bond motifs is 10. The molecule has 0 saturated carbocycles. The molecule has 0 N–H and O–H groups in total. The molecule has 0 bridgehead atoms. The molecule has 3 heterocycles. The van der Waals surface area contributed by atoms with Gasteiger partial charge in [-0.2, -0.15) is 0 Å². The maximum Gasteiger partial charge on any atom is 0.264 e. The van der Waals surface area contributed by atoms with Crippen LogP contribution in [0.1, 0.15) is 212 Å². The Kier molecular flexibility index (Phi) is 9.31. The first-order chi connectivity index (χ1) is 32.0. The van der Waals surface area contributed by atoms with Gasteiger partial charge in [-0.05, 0) is 211 Å². The lowest BCUT2D eigenvalue weighted by Gasteiger charge is -2.48. The normalized spacial score (nSPS) is 22.9. The van der Waals surface area contributed by atoms with Gasteiger partial charge in [0.15, 0.2) is 0 Å². The molecule has 12 rings (SSSR count). The monoisotopic (exact) mass is 931 g/mol. The molecule has 1 aromatic heterocycles. The molecule has 69 heavy (non-hydrogen) atoms. The molecule has 4 aliphatic carbocycles. The van der Waals surface area contributed by atoms with Gasteiger partial charge in [0, 0.05) is 43.3 Å². The molecular formula is C65H79BN2S. The van der Waals surface area contributed by atoms with Crippen molar-refractivity contribution < 1.29 is 0 Å². The molecule has 0 saturated heterocycles. The fourth-order valence-electron chi connectivity index (χ4n) is 14.7. The lowest BCUT2D eigenvalue weighted by Crippen LogP contribution is -2.61. The Morgan fingerprint density at radius 2 is 0.826 bits per heavy atom. The summed E-state index contributed by atoms with van der Waals surface area (Å²) < 4.78 is 2.93.